The lowest BCUT2D eigenvalue weighted by atomic mass is 10.2. The molecule has 5 aromatic heterocycles. The molecule has 0 radical (unpaired) electrons. The molecule has 0 spiro atoms. The molecule has 128 valence electrons. The lowest BCUT2D eigenvalue weighted by Gasteiger charge is -1.95. The van der Waals surface area contributed by atoms with E-state index < -0.39 is 0 Å². The zero-order valence-corrected chi connectivity index (χ0v) is 13.8. The maximum absolute atomic E-state index is 4.64. The van der Waals surface area contributed by atoms with Gasteiger partial charge in [0.15, 0.2) is 17.1 Å². The summed E-state index contributed by atoms with van der Waals surface area (Å²) in [4.78, 5) is 35.7. The number of pyridine rings is 1. The molecule has 0 unspecified atom stereocenters. The van der Waals surface area contributed by atoms with Crippen LogP contribution in [0.25, 0.3) is 56.3 Å². The minimum atomic E-state index is 0.609. The van der Waals surface area contributed by atoms with Crippen LogP contribution >= 0.6 is 0 Å². The van der Waals surface area contributed by atoms with Gasteiger partial charge in [-0.2, -0.15) is 0 Å². The summed E-state index contributed by atoms with van der Waals surface area (Å²) in [5, 5.41) is 0. The van der Waals surface area contributed by atoms with E-state index in [1.165, 1.54) is 6.33 Å². The fourth-order valence-corrected chi connectivity index (χ4v) is 3.13. The van der Waals surface area contributed by atoms with Crippen molar-refractivity contribution in [3.63, 3.8) is 0 Å². The first-order valence-electron chi connectivity index (χ1n) is 8.30. The second-order valence-electron chi connectivity index (χ2n) is 6.13. The first-order chi connectivity index (χ1) is 13.3. The van der Waals surface area contributed by atoms with Gasteiger partial charge in [0.1, 0.15) is 23.4 Å². The van der Waals surface area contributed by atoms with Gasteiger partial charge >= 0.3 is 0 Å². The maximum atomic E-state index is 4.64. The van der Waals surface area contributed by atoms with E-state index in [1.54, 1.807) is 12.5 Å². The third-order valence-corrected chi connectivity index (χ3v) is 4.44. The summed E-state index contributed by atoms with van der Waals surface area (Å²) in [5.41, 5.74) is 6.40. The zero-order valence-electron chi connectivity index (χ0n) is 13.8. The lowest BCUT2D eigenvalue weighted by Crippen LogP contribution is -1.86. The highest BCUT2D eigenvalue weighted by Gasteiger charge is 2.12. The number of benzene rings is 1. The minimum Gasteiger partial charge on any atom is -0.345 e. The van der Waals surface area contributed by atoms with Gasteiger partial charge < -0.3 is 15.0 Å². The highest BCUT2D eigenvalue weighted by atomic mass is 15.0. The molecular formula is C18H11N9. The van der Waals surface area contributed by atoms with E-state index in [0.29, 0.717) is 22.8 Å². The van der Waals surface area contributed by atoms with Crippen LogP contribution in [0.15, 0.2) is 49.2 Å². The van der Waals surface area contributed by atoms with Crippen molar-refractivity contribution in [2.45, 2.75) is 0 Å². The van der Waals surface area contributed by atoms with Gasteiger partial charge in [-0.05, 0) is 30.3 Å². The van der Waals surface area contributed by atoms with Gasteiger partial charge in [0, 0.05) is 5.56 Å². The van der Waals surface area contributed by atoms with E-state index in [0.717, 1.165) is 33.5 Å². The summed E-state index contributed by atoms with van der Waals surface area (Å²) in [6, 6.07) is 9.80. The second-order valence-corrected chi connectivity index (χ2v) is 6.13. The highest BCUT2D eigenvalue weighted by molar-refractivity contribution is 5.83. The molecule has 0 aliphatic carbocycles. The molecule has 0 bridgehead atoms. The van der Waals surface area contributed by atoms with E-state index in [4.69, 9.17) is 0 Å². The summed E-state index contributed by atoms with van der Waals surface area (Å²) in [7, 11) is 0. The Bertz CT molecular complexity index is 1410. The van der Waals surface area contributed by atoms with Gasteiger partial charge in [0.25, 0.3) is 0 Å². The molecule has 5 heterocycles. The lowest BCUT2D eigenvalue weighted by molar-refractivity contribution is 1.20. The fourth-order valence-electron chi connectivity index (χ4n) is 3.13. The number of hydrogen-bond donors (Lipinski definition) is 3. The molecule has 27 heavy (non-hydrogen) atoms. The predicted octanol–water partition coefficient (Wildman–Crippen LogP) is 2.83. The van der Waals surface area contributed by atoms with Crippen LogP contribution in [-0.4, -0.2) is 44.9 Å². The van der Waals surface area contributed by atoms with E-state index in [2.05, 4.69) is 44.9 Å². The molecule has 1 aromatic carbocycles. The van der Waals surface area contributed by atoms with Gasteiger partial charge in [-0.3, -0.25) is 0 Å². The Morgan fingerprint density at radius 2 is 1.67 bits per heavy atom. The molecule has 0 saturated heterocycles. The highest BCUT2D eigenvalue weighted by Crippen LogP contribution is 2.24. The van der Waals surface area contributed by atoms with Crippen LogP contribution in [0.3, 0.4) is 0 Å². The first-order valence-corrected chi connectivity index (χ1v) is 8.30. The summed E-state index contributed by atoms with van der Waals surface area (Å²) >= 11 is 0. The molecule has 9 heteroatoms. The van der Waals surface area contributed by atoms with Gasteiger partial charge in [0.2, 0.25) is 0 Å². The summed E-state index contributed by atoms with van der Waals surface area (Å²) < 4.78 is 0. The molecule has 3 N–H and O–H groups in total. The number of hydrogen-bond acceptors (Lipinski definition) is 6. The smallest absolute Gasteiger partial charge is 0.181 e. The van der Waals surface area contributed by atoms with Crippen molar-refractivity contribution in [1.29, 1.82) is 0 Å². The number of nitrogens with zero attached hydrogens (tertiary/aromatic N) is 6. The first kappa shape index (κ1) is 14.1. The van der Waals surface area contributed by atoms with Crippen LogP contribution in [0, 0.1) is 0 Å². The van der Waals surface area contributed by atoms with E-state index >= 15 is 0 Å². The van der Waals surface area contributed by atoms with Gasteiger partial charge in [0.05, 0.1) is 29.1 Å². The van der Waals surface area contributed by atoms with Crippen molar-refractivity contribution in [3.8, 4) is 22.9 Å². The molecule has 0 fully saturated rings. The Kier molecular flexibility index (Phi) is 2.70. The second kappa shape index (κ2) is 5.18. The maximum Gasteiger partial charge on any atom is 0.181 e. The SMILES string of the molecule is c1ncc2[nH]c(-c3ccc4[nH]c(-c5ccc6nc[nH]c6c5)nc4n3)nc2n1. The normalized spacial score (nSPS) is 11.7. The van der Waals surface area contributed by atoms with Crippen molar-refractivity contribution >= 4 is 33.4 Å². The number of rotatable bonds is 2. The Morgan fingerprint density at radius 1 is 0.741 bits per heavy atom. The Morgan fingerprint density at radius 3 is 2.63 bits per heavy atom. The van der Waals surface area contributed by atoms with Crippen LogP contribution in [0.4, 0.5) is 0 Å². The third kappa shape index (κ3) is 2.18. The molecule has 0 aliphatic rings. The van der Waals surface area contributed by atoms with Crippen molar-refractivity contribution in [2.24, 2.45) is 0 Å². The largest absolute Gasteiger partial charge is 0.345 e. The number of aromatic amines is 3. The molecule has 6 aromatic rings. The van der Waals surface area contributed by atoms with Crippen LogP contribution in [0.2, 0.25) is 0 Å². The van der Waals surface area contributed by atoms with Crippen LogP contribution < -0.4 is 0 Å². The number of fused-ring (bicyclic) bond motifs is 3. The average Bonchev–Trinajstić information content (AvgIpc) is 3.42. The third-order valence-electron chi connectivity index (χ3n) is 4.44. The fraction of sp³-hybridized carbons (Fsp3) is 0. The summed E-state index contributed by atoms with van der Waals surface area (Å²) in [5.74, 6) is 1.39. The molecule has 0 aliphatic heterocycles. The summed E-state index contributed by atoms with van der Waals surface area (Å²) in [6.45, 7) is 0. The van der Waals surface area contributed by atoms with Crippen LogP contribution in [0.1, 0.15) is 0 Å². The molecule has 6 rings (SSSR count). The average molecular weight is 353 g/mol. The molecule has 0 atom stereocenters. The zero-order chi connectivity index (χ0) is 17.8. The molecule has 9 nitrogen and oxygen atoms in total. The molecular weight excluding hydrogens is 342 g/mol. The number of aromatic nitrogens is 9. The van der Waals surface area contributed by atoms with Gasteiger partial charge in [-0.25, -0.2) is 29.9 Å². The van der Waals surface area contributed by atoms with Crippen LogP contribution in [-0.2, 0) is 0 Å². The van der Waals surface area contributed by atoms with Crippen molar-refractivity contribution in [2.75, 3.05) is 0 Å². The summed E-state index contributed by atoms with van der Waals surface area (Å²) in [6.07, 6.45) is 4.84. The monoisotopic (exact) mass is 353 g/mol. The van der Waals surface area contributed by atoms with Gasteiger partial charge in [-0.1, -0.05) is 0 Å². The van der Waals surface area contributed by atoms with Crippen molar-refractivity contribution < 1.29 is 0 Å². The van der Waals surface area contributed by atoms with E-state index in [9.17, 15) is 0 Å². The van der Waals surface area contributed by atoms with Crippen molar-refractivity contribution in [3.05, 3.63) is 49.2 Å². The van der Waals surface area contributed by atoms with Crippen molar-refractivity contribution in [1.82, 2.24) is 44.9 Å². The van der Waals surface area contributed by atoms with Gasteiger partial charge in [-0.15, -0.1) is 0 Å². The van der Waals surface area contributed by atoms with Crippen LogP contribution in [0.5, 0.6) is 0 Å². The number of imidazole rings is 3. The Labute approximate surface area is 151 Å². The molecule has 0 amide bonds. The predicted molar refractivity (Wildman–Crippen MR) is 99.7 cm³/mol. The minimum absolute atomic E-state index is 0.609. The number of H-pyrrole nitrogens is 3. The quantitative estimate of drug-likeness (QED) is 0.439. The number of nitrogens with one attached hydrogen (secondary N) is 3. The topological polar surface area (TPSA) is 125 Å². The molecule has 0 saturated carbocycles. The Balaban J connectivity index is 1.46. The Hall–Kier alpha value is -4.14. The van der Waals surface area contributed by atoms with E-state index in [-0.39, 0.29) is 0 Å². The standard InChI is InChI=1S/C18H11N9/c1-2-10-13(21-8-20-10)5-9(1)15-23-11-3-4-12(24-17(11)26-15)18-25-14-6-19-7-22-16(14)27-18/h1-8H,(H,20,21)(H,23,24,26)(H,19,22,25,27). The van der Waals surface area contributed by atoms with E-state index in [1.807, 2.05) is 30.3 Å².